The molecule has 0 saturated carbocycles. The summed E-state index contributed by atoms with van der Waals surface area (Å²) in [6.07, 6.45) is 7.30. The van der Waals surface area contributed by atoms with Crippen LogP contribution in [0.3, 0.4) is 0 Å². The summed E-state index contributed by atoms with van der Waals surface area (Å²) >= 11 is 5.98. The van der Waals surface area contributed by atoms with Gasteiger partial charge in [0.05, 0.1) is 10.6 Å². The van der Waals surface area contributed by atoms with Gasteiger partial charge in [-0.05, 0) is 18.6 Å². The van der Waals surface area contributed by atoms with Gasteiger partial charge < -0.3 is 11.1 Å². The van der Waals surface area contributed by atoms with E-state index >= 15 is 0 Å². The van der Waals surface area contributed by atoms with Gasteiger partial charge in [0.1, 0.15) is 6.04 Å². The highest BCUT2D eigenvalue weighted by Crippen LogP contribution is 2.15. The molecule has 22 heavy (non-hydrogen) atoms. The Morgan fingerprint density at radius 3 is 2.41 bits per heavy atom. The van der Waals surface area contributed by atoms with Crippen LogP contribution in [0.2, 0.25) is 5.02 Å². The predicted octanol–water partition coefficient (Wildman–Crippen LogP) is 3.67. The van der Waals surface area contributed by atoms with Crippen LogP contribution < -0.4 is 11.1 Å². The van der Waals surface area contributed by atoms with Crippen LogP contribution in [-0.4, -0.2) is 17.9 Å². The molecule has 0 aromatic heterocycles. The molecule has 0 aliphatic carbocycles. The van der Waals surface area contributed by atoms with E-state index in [4.69, 9.17) is 17.3 Å². The van der Waals surface area contributed by atoms with E-state index in [9.17, 15) is 9.59 Å². The quantitative estimate of drug-likeness (QED) is 0.644. The van der Waals surface area contributed by atoms with Gasteiger partial charge >= 0.3 is 0 Å². The highest BCUT2D eigenvalue weighted by Gasteiger charge is 2.19. The van der Waals surface area contributed by atoms with Crippen molar-refractivity contribution in [3.63, 3.8) is 0 Å². The van der Waals surface area contributed by atoms with Crippen LogP contribution in [0.25, 0.3) is 0 Å². The van der Waals surface area contributed by atoms with Crippen LogP contribution >= 0.6 is 11.6 Å². The van der Waals surface area contributed by atoms with Crippen molar-refractivity contribution >= 4 is 23.4 Å². The molecule has 3 N–H and O–H groups in total. The van der Waals surface area contributed by atoms with Crippen molar-refractivity contribution in [2.24, 2.45) is 5.73 Å². The lowest BCUT2D eigenvalue weighted by molar-refractivity contribution is -0.120. The number of hydrogen-bond acceptors (Lipinski definition) is 2. The molecule has 0 unspecified atom stereocenters. The Balaban J connectivity index is 2.45. The zero-order chi connectivity index (χ0) is 16.4. The average molecular weight is 325 g/mol. The van der Waals surface area contributed by atoms with E-state index in [0.29, 0.717) is 17.0 Å². The largest absolute Gasteiger partial charge is 0.368 e. The van der Waals surface area contributed by atoms with Gasteiger partial charge in [0, 0.05) is 0 Å². The second kappa shape index (κ2) is 10.2. The first-order valence-electron chi connectivity index (χ1n) is 7.91. The molecule has 2 amide bonds. The van der Waals surface area contributed by atoms with Crippen LogP contribution in [-0.2, 0) is 4.79 Å². The third kappa shape index (κ3) is 6.48. The van der Waals surface area contributed by atoms with Crippen LogP contribution in [0.4, 0.5) is 0 Å². The lowest BCUT2D eigenvalue weighted by Gasteiger charge is -2.16. The number of carbonyl (C=O) groups is 2. The van der Waals surface area contributed by atoms with E-state index in [1.165, 1.54) is 19.3 Å². The van der Waals surface area contributed by atoms with Crippen LogP contribution in [0, 0.1) is 0 Å². The first-order chi connectivity index (χ1) is 10.6. The van der Waals surface area contributed by atoms with Crippen molar-refractivity contribution in [1.82, 2.24) is 5.32 Å². The molecule has 1 aromatic rings. The molecule has 0 spiro atoms. The molecular formula is C17H25ClN2O2. The summed E-state index contributed by atoms with van der Waals surface area (Å²) in [6.45, 7) is 2.17. The molecule has 1 rings (SSSR count). The number of amides is 2. The van der Waals surface area contributed by atoms with E-state index in [-0.39, 0.29) is 5.91 Å². The smallest absolute Gasteiger partial charge is 0.253 e. The summed E-state index contributed by atoms with van der Waals surface area (Å²) in [6, 6.07) is 6.11. The molecule has 0 radical (unpaired) electrons. The van der Waals surface area contributed by atoms with Gasteiger partial charge in [-0.15, -0.1) is 0 Å². The lowest BCUT2D eigenvalue weighted by Crippen LogP contribution is -2.44. The standard InChI is InChI=1S/C17H25ClN2O2/c1-2-3-4-5-6-7-12-15(16(19)21)20-17(22)13-10-8-9-11-14(13)18/h8-11,15H,2-7,12H2,1H3,(H2,19,21)(H,20,22)/t15-/m1/s1. The van der Waals surface area contributed by atoms with Crippen molar-refractivity contribution < 1.29 is 9.59 Å². The zero-order valence-electron chi connectivity index (χ0n) is 13.1. The van der Waals surface area contributed by atoms with Gasteiger partial charge in [0.2, 0.25) is 5.91 Å². The first kappa shape index (κ1) is 18.5. The van der Waals surface area contributed by atoms with Crippen molar-refractivity contribution in [1.29, 1.82) is 0 Å². The van der Waals surface area contributed by atoms with Crippen molar-refractivity contribution in [2.45, 2.75) is 57.9 Å². The number of primary amides is 1. The van der Waals surface area contributed by atoms with Gasteiger partial charge in [-0.3, -0.25) is 9.59 Å². The Morgan fingerprint density at radius 2 is 1.77 bits per heavy atom. The van der Waals surface area contributed by atoms with Gasteiger partial charge in [-0.1, -0.05) is 69.2 Å². The van der Waals surface area contributed by atoms with E-state index in [1.54, 1.807) is 24.3 Å². The maximum absolute atomic E-state index is 12.2. The second-order valence-corrected chi connectivity index (χ2v) is 5.87. The van der Waals surface area contributed by atoms with Crippen molar-refractivity contribution in [3.05, 3.63) is 34.9 Å². The number of benzene rings is 1. The highest BCUT2D eigenvalue weighted by molar-refractivity contribution is 6.33. The molecule has 122 valence electrons. The predicted molar refractivity (Wildman–Crippen MR) is 89.9 cm³/mol. The molecule has 0 aliphatic heterocycles. The fraction of sp³-hybridized carbons (Fsp3) is 0.529. The summed E-state index contributed by atoms with van der Waals surface area (Å²) in [5, 5.41) is 3.04. The van der Waals surface area contributed by atoms with Crippen molar-refractivity contribution in [3.8, 4) is 0 Å². The Morgan fingerprint density at radius 1 is 1.14 bits per heavy atom. The molecule has 5 heteroatoms. The van der Waals surface area contributed by atoms with Crippen LogP contribution in [0.5, 0.6) is 0 Å². The second-order valence-electron chi connectivity index (χ2n) is 5.46. The molecule has 0 heterocycles. The number of hydrogen-bond donors (Lipinski definition) is 2. The number of rotatable bonds is 10. The minimum atomic E-state index is -0.644. The van der Waals surface area contributed by atoms with E-state index in [0.717, 1.165) is 19.3 Å². The van der Waals surface area contributed by atoms with E-state index < -0.39 is 11.9 Å². The maximum Gasteiger partial charge on any atom is 0.253 e. The Labute approximate surface area is 137 Å². The molecule has 0 fully saturated rings. The molecule has 0 bridgehead atoms. The Bertz CT molecular complexity index is 491. The monoisotopic (exact) mass is 324 g/mol. The minimum Gasteiger partial charge on any atom is -0.368 e. The molecule has 4 nitrogen and oxygen atoms in total. The number of carbonyl (C=O) groups excluding carboxylic acids is 2. The number of nitrogens with two attached hydrogens (primary N) is 1. The number of unbranched alkanes of at least 4 members (excludes halogenated alkanes) is 5. The third-order valence-corrected chi connectivity index (χ3v) is 3.94. The van der Waals surface area contributed by atoms with Gasteiger partial charge in [0.15, 0.2) is 0 Å². The molecule has 1 atom stereocenters. The van der Waals surface area contributed by atoms with Crippen LogP contribution in [0.1, 0.15) is 62.2 Å². The summed E-state index contributed by atoms with van der Waals surface area (Å²) in [5.41, 5.74) is 5.74. The normalized spacial score (nSPS) is 11.9. The molecule has 0 saturated heterocycles. The van der Waals surface area contributed by atoms with Gasteiger partial charge in [-0.25, -0.2) is 0 Å². The third-order valence-electron chi connectivity index (χ3n) is 3.61. The Hall–Kier alpha value is -1.55. The number of nitrogens with one attached hydrogen (secondary N) is 1. The summed E-state index contributed by atoms with van der Waals surface area (Å²) in [4.78, 5) is 23.6. The number of halogens is 1. The highest BCUT2D eigenvalue weighted by atomic mass is 35.5. The average Bonchev–Trinajstić information content (AvgIpc) is 2.49. The van der Waals surface area contributed by atoms with E-state index in [2.05, 4.69) is 12.2 Å². The fourth-order valence-corrected chi connectivity index (χ4v) is 2.52. The van der Waals surface area contributed by atoms with Gasteiger partial charge in [0.25, 0.3) is 5.91 Å². The summed E-state index contributed by atoms with van der Waals surface area (Å²) in [5.74, 6) is -0.866. The SMILES string of the molecule is CCCCCCCC[C@@H](NC(=O)c1ccccc1Cl)C(N)=O. The van der Waals surface area contributed by atoms with Crippen LogP contribution in [0.15, 0.2) is 24.3 Å². The first-order valence-corrected chi connectivity index (χ1v) is 8.28. The van der Waals surface area contributed by atoms with Gasteiger partial charge in [-0.2, -0.15) is 0 Å². The van der Waals surface area contributed by atoms with E-state index in [1.807, 2.05) is 0 Å². The molecule has 0 aliphatic rings. The topological polar surface area (TPSA) is 72.2 Å². The Kier molecular flexibility index (Phi) is 8.60. The maximum atomic E-state index is 12.2. The zero-order valence-corrected chi connectivity index (χ0v) is 13.9. The van der Waals surface area contributed by atoms with Crippen molar-refractivity contribution in [2.75, 3.05) is 0 Å². The minimum absolute atomic E-state index is 0.360. The lowest BCUT2D eigenvalue weighted by atomic mass is 10.0. The fourth-order valence-electron chi connectivity index (χ4n) is 2.30. The molecule has 1 aromatic carbocycles. The summed E-state index contributed by atoms with van der Waals surface area (Å²) in [7, 11) is 0. The summed E-state index contributed by atoms with van der Waals surface area (Å²) < 4.78 is 0. The molecular weight excluding hydrogens is 300 g/mol.